The zero-order chi connectivity index (χ0) is 22.0. The smallest absolute Gasteiger partial charge is 0.252 e. The molecule has 0 aliphatic carbocycles. The first-order chi connectivity index (χ1) is 15.0. The molecule has 1 aromatic heterocycles. The summed E-state index contributed by atoms with van der Waals surface area (Å²) in [6, 6.07) is 11.9. The Hall–Kier alpha value is -3.81. The zero-order valence-electron chi connectivity index (χ0n) is 17.7. The van der Waals surface area contributed by atoms with Gasteiger partial charge in [0.25, 0.3) is 5.91 Å². The molecule has 1 atom stereocenters. The molecule has 1 saturated heterocycles. The van der Waals surface area contributed by atoms with E-state index < -0.39 is 6.04 Å². The number of hydrogen-bond acceptors (Lipinski definition) is 5. The summed E-state index contributed by atoms with van der Waals surface area (Å²) < 4.78 is 12.6. The first-order valence-corrected chi connectivity index (χ1v) is 9.95. The standard InChI is InChI=1S/C23H24N4O4/c1-15-13-26(14-24-15)20-8-7-17(12-21(20)31-3)27-10-9-19(23(27)29)25-22(28)16-5-4-6-18(11-16)30-2/h4-8,11-14,19H,9-10H2,1-3H3,(H,25,28). The number of anilines is 1. The normalized spacial score (nSPS) is 15.8. The molecule has 2 aromatic carbocycles. The summed E-state index contributed by atoms with van der Waals surface area (Å²) in [6.07, 6.45) is 4.15. The van der Waals surface area contributed by atoms with Crippen LogP contribution in [0.2, 0.25) is 0 Å². The van der Waals surface area contributed by atoms with Gasteiger partial charge in [0.1, 0.15) is 17.5 Å². The molecular formula is C23H24N4O4. The van der Waals surface area contributed by atoms with Gasteiger partial charge in [0, 0.05) is 30.1 Å². The van der Waals surface area contributed by atoms with Crippen LogP contribution in [-0.4, -0.2) is 48.2 Å². The molecule has 2 amide bonds. The van der Waals surface area contributed by atoms with Crippen molar-refractivity contribution >= 4 is 17.5 Å². The van der Waals surface area contributed by atoms with Crippen LogP contribution in [0.15, 0.2) is 55.0 Å². The van der Waals surface area contributed by atoms with Crippen LogP contribution in [0.4, 0.5) is 5.69 Å². The minimum absolute atomic E-state index is 0.149. The fourth-order valence-electron chi connectivity index (χ4n) is 3.68. The molecule has 1 aliphatic heterocycles. The predicted molar refractivity (Wildman–Crippen MR) is 116 cm³/mol. The Morgan fingerprint density at radius 2 is 2.00 bits per heavy atom. The highest BCUT2D eigenvalue weighted by Gasteiger charge is 2.34. The van der Waals surface area contributed by atoms with E-state index in [1.165, 1.54) is 0 Å². The van der Waals surface area contributed by atoms with Crippen molar-refractivity contribution < 1.29 is 19.1 Å². The van der Waals surface area contributed by atoms with Gasteiger partial charge in [-0.2, -0.15) is 0 Å². The van der Waals surface area contributed by atoms with Crippen molar-refractivity contribution in [3.05, 3.63) is 66.2 Å². The van der Waals surface area contributed by atoms with Crippen molar-refractivity contribution in [2.45, 2.75) is 19.4 Å². The van der Waals surface area contributed by atoms with Crippen LogP contribution in [0.3, 0.4) is 0 Å². The molecule has 1 unspecified atom stereocenters. The fourth-order valence-corrected chi connectivity index (χ4v) is 3.68. The lowest BCUT2D eigenvalue weighted by atomic mass is 10.1. The zero-order valence-corrected chi connectivity index (χ0v) is 17.7. The van der Waals surface area contributed by atoms with Gasteiger partial charge < -0.3 is 24.3 Å². The Morgan fingerprint density at radius 3 is 2.71 bits per heavy atom. The van der Waals surface area contributed by atoms with E-state index in [2.05, 4.69) is 10.3 Å². The maximum atomic E-state index is 13.0. The fraction of sp³-hybridized carbons (Fsp3) is 0.261. The molecule has 31 heavy (non-hydrogen) atoms. The van der Waals surface area contributed by atoms with Crippen molar-refractivity contribution in [1.82, 2.24) is 14.9 Å². The second-order valence-electron chi connectivity index (χ2n) is 7.32. The quantitative estimate of drug-likeness (QED) is 0.663. The number of benzene rings is 2. The largest absolute Gasteiger partial charge is 0.497 e. The first-order valence-electron chi connectivity index (χ1n) is 9.95. The second kappa shape index (κ2) is 8.51. The van der Waals surface area contributed by atoms with Crippen molar-refractivity contribution in [2.24, 2.45) is 0 Å². The molecule has 3 aromatic rings. The van der Waals surface area contributed by atoms with Crippen LogP contribution in [-0.2, 0) is 4.79 Å². The molecule has 8 nitrogen and oxygen atoms in total. The van der Waals surface area contributed by atoms with Crippen molar-refractivity contribution in [2.75, 3.05) is 25.7 Å². The lowest BCUT2D eigenvalue weighted by molar-refractivity contribution is -0.118. The number of aromatic nitrogens is 2. The predicted octanol–water partition coefficient (Wildman–Crippen LogP) is 2.73. The van der Waals surface area contributed by atoms with E-state index in [0.717, 1.165) is 17.1 Å². The third-order valence-electron chi connectivity index (χ3n) is 5.31. The van der Waals surface area contributed by atoms with Gasteiger partial charge >= 0.3 is 0 Å². The number of amides is 2. The van der Waals surface area contributed by atoms with Crippen LogP contribution in [0.25, 0.3) is 5.69 Å². The van der Waals surface area contributed by atoms with Crippen LogP contribution in [0, 0.1) is 6.92 Å². The van der Waals surface area contributed by atoms with Gasteiger partial charge in [0.15, 0.2) is 0 Å². The topological polar surface area (TPSA) is 85.7 Å². The summed E-state index contributed by atoms with van der Waals surface area (Å²) in [5, 5.41) is 2.84. The average Bonchev–Trinajstić information content (AvgIpc) is 3.39. The van der Waals surface area contributed by atoms with Gasteiger partial charge in [0.05, 0.1) is 31.9 Å². The molecule has 2 heterocycles. The Labute approximate surface area is 180 Å². The summed E-state index contributed by atoms with van der Waals surface area (Å²) in [4.78, 5) is 31.5. The third-order valence-corrected chi connectivity index (χ3v) is 5.31. The van der Waals surface area contributed by atoms with Crippen LogP contribution >= 0.6 is 0 Å². The number of imidazole rings is 1. The van der Waals surface area contributed by atoms with Gasteiger partial charge in [0.2, 0.25) is 5.91 Å². The minimum Gasteiger partial charge on any atom is -0.497 e. The number of rotatable bonds is 6. The van der Waals surface area contributed by atoms with Crippen molar-refractivity contribution in [3.63, 3.8) is 0 Å². The highest BCUT2D eigenvalue weighted by Crippen LogP contribution is 2.31. The number of methoxy groups -OCH3 is 2. The number of nitrogens with one attached hydrogen (secondary N) is 1. The maximum absolute atomic E-state index is 13.0. The van der Waals surface area contributed by atoms with E-state index in [9.17, 15) is 9.59 Å². The Balaban J connectivity index is 1.50. The van der Waals surface area contributed by atoms with E-state index in [1.54, 1.807) is 49.7 Å². The lowest BCUT2D eigenvalue weighted by Gasteiger charge is -2.19. The Morgan fingerprint density at radius 1 is 1.16 bits per heavy atom. The van der Waals surface area contributed by atoms with Gasteiger partial charge in [-0.25, -0.2) is 4.98 Å². The third kappa shape index (κ3) is 4.09. The molecule has 160 valence electrons. The average molecular weight is 420 g/mol. The second-order valence-corrected chi connectivity index (χ2v) is 7.32. The van der Waals surface area contributed by atoms with Crippen molar-refractivity contribution in [3.8, 4) is 17.2 Å². The number of aryl methyl sites for hydroxylation is 1. The van der Waals surface area contributed by atoms with Gasteiger partial charge in [-0.1, -0.05) is 6.07 Å². The van der Waals surface area contributed by atoms with E-state index in [4.69, 9.17) is 9.47 Å². The number of nitrogens with zero attached hydrogens (tertiary/aromatic N) is 3. The SMILES string of the molecule is COc1cccc(C(=O)NC2CCN(c3ccc(-n4cnc(C)c4)c(OC)c3)C2=O)c1. The molecule has 8 heteroatoms. The van der Waals surface area contributed by atoms with Gasteiger partial charge in [-0.15, -0.1) is 0 Å². The van der Waals surface area contributed by atoms with Crippen molar-refractivity contribution in [1.29, 1.82) is 0 Å². The molecule has 1 fully saturated rings. The highest BCUT2D eigenvalue weighted by atomic mass is 16.5. The van der Waals surface area contributed by atoms with Gasteiger partial charge in [-0.3, -0.25) is 9.59 Å². The van der Waals surface area contributed by atoms with E-state index >= 15 is 0 Å². The van der Waals surface area contributed by atoms with Crippen LogP contribution in [0.1, 0.15) is 22.5 Å². The number of hydrogen-bond donors (Lipinski definition) is 1. The van der Waals surface area contributed by atoms with Crippen LogP contribution < -0.4 is 19.7 Å². The van der Waals surface area contributed by atoms with E-state index in [0.29, 0.717) is 30.0 Å². The summed E-state index contributed by atoms with van der Waals surface area (Å²) in [5.41, 5.74) is 2.91. The molecule has 0 saturated carbocycles. The first kappa shape index (κ1) is 20.5. The lowest BCUT2D eigenvalue weighted by Crippen LogP contribution is -2.41. The molecule has 0 spiro atoms. The summed E-state index contributed by atoms with van der Waals surface area (Å²) in [5.74, 6) is 0.769. The Kier molecular flexibility index (Phi) is 5.62. The molecule has 1 aliphatic rings. The molecular weight excluding hydrogens is 396 g/mol. The molecule has 1 N–H and O–H groups in total. The molecule has 0 radical (unpaired) electrons. The minimum atomic E-state index is -0.583. The highest BCUT2D eigenvalue weighted by molar-refractivity contribution is 6.04. The number of carbonyl (C=O) groups is 2. The summed E-state index contributed by atoms with van der Waals surface area (Å²) >= 11 is 0. The van der Waals surface area contributed by atoms with E-state index in [-0.39, 0.29) is 11.8 Å². The maximum Gasteiger partial charge on any atom is 0.252 e. The van der Waals surface area contributed by atoms with E-state index in [1.807, 2.05) is 35.9 Å². The number of ether oxygens (including phenoxy) is 2. The summed E-state index contributed by atoms with van der Waals surface area (Å²) in [7, 11) is 3.14. The Bertz CT molecular complexity index is 1120. The molecule has 4 rings (SSSR count). The summed E-state index contributed by atoms with van der Waals surface area (Å²) in [6.45, 7) is 2.43. The monoisotopic (exact) mass is 420 g/mol. The van der Waals surface area contributed by atoms with Gasteiger partial charge in [-0.05, 0) is 43.7 Å². The van der Waals surface area contributed by atoms with Crippen LogP contribution in [0.5, 0.6) is 11.5 Å². The molecule has 0 bridgehead atoms. The number of carbonyl (C=O) groups excluding carboxylic acids is 2.